The van der Waals surface area contributed by atoms with Gasteiger partial charge in [-0.2, -0.15) is 0 Å². The van der Waals surface area contributed by atoms with Crippen molar-refractivity contribution in [3.05, 3.63) is 55.5 Å². The highest BCUT2D eigenvalue weighted by Crippen LogP contribution is 2.36. The van der Waals surface area contributed by atoms with Crippen molar-refractivity contribution in [3.63, 3.8) is 0 Å². The van der Waals surface area contributed by atoms with Gasteiger partial charge in [-0.15, -0.1) is 11.5 Å². The van der Waals surface area contributed by atoms with Crippen LogP contribution in [0, 0.1) is 15.9 Å². The van der Waals surface area contributed by atoms with E-state index in [2.05, 4.69) is 43.7 Å². The highest BCUT2D eigenvalue weighted by Gasteiger charge is 2.16. The molecule has 0 radical (unpaired) electrons. The first-order valence-corrected chi connectivity index (χ1v) is 10.9. The van der Waals surface area contributed by atoms with Crippen LogP contribution >= 0.6 is 46.0 Å². The van der Waals surface area contributed by atoms with Crippen LogP contribution in [0.15, 0.2) is 46.5 Å². The molecule has 158 valence electrons. The molecule has 0 saturated heterocycles. The van der Waals surface area contributed by atoms with E-state index in [-0.39, 0.29) is 16.7 Å². The van der Waals surface area contributed by atoms with Crippen LogP contribution < -0.4 is 9.47 Å². The Morgan fingerprint density at radius 1 is 1.39 bits per heavy atom. The molecule has 1 heterocycles. The smallest absolute Gasteiger partial charge is 0.342 e. The number of terminal acetylenes is 1. The van der Waals surface area contributed by atoms with Crippen molar-refractivity contribution in [2.75, 3.05) is 13.7 Å². The van der Waals surface area contributed by atoms with Crippen molar-refractivity contribution < 1.29 is 19.4 Å². The van der Waals surface area contributed by atoms with E-state index < -0.39 is 5.97 Å². The number of carboxylic acid groups (broad SMARTS) is 1. The highest BCUT2D eigenvalue weighted by atomic mass is 127. The number of carbonyl (C=O) groups is 1. The molecule has 0 aliphatic carbocycles. The number of H-pyrrole nitrogens is 1. The molecule has 1 aromatic heterocycles. The third-order valence-electron chi connectivity index (χ3n) is 3.84. The van der Waals surface area contributed by atoms with Crippen molar-refractivity contribution in [1.82, 2.24) is 15.2 Å². The van der Waals surface area contributed by atoms with E-state index in [9.17, 15) is 9.90 Å². The second-order valence-corrected chi connectivity index (χ2v) is 8.52. The van der Waals surface area contributed by atoms with Gasteiger partial charge in [0.2, 0.25) is 5.16 Å². The van der Waals surface area contributed by atoms with Gasteiger partial charge in [0.1, 0.15) is 11.5 Å². The van der Waals surface area contributed by atoms with E-state index in [1.807, 2.05) is 0 Å². The van der Waals surface area contributed by atoms with Gasteiger partial charge in [-0.1, -0.05) is 17.5 Å². The Labute approximate surface area is 201 Å². The van der Waals surface area contributed by atoms with Crippen LogP contribution in [-0.2, 0) is 4.79 Å². The van der Waals surface area contributed by atoms with Crippen molar-refractivity contribution >= 4 is 58.0 Å². The fourth-order valence-corrected chi connectivity index (χ4v) is 4.10. The summed E-state index contributed by atoms with van der Waals surface area (Å²) < 4.78 is 11.6. The predicted molar refractivity (Wildman–Crippen MR) is 128 cm³/mol. The van der Waals surface area contributed by atoms with Crippen molar-refractivity contribution in [2.24, 2.45) is 0 Å². The molecule has 0 atom stereocenters. The van der Waals surface area contributed by atoms with Gasteiger partial charge in [-0.05, 0) is 82.4 Å². The molecule has 3 aromatic rings. The number of methoxy groups -OCH3 is 1. The maximum atomic E-state index is 11.8. The second-order valence-electron chi connectivity index (χ2n) is 5.92. The fraction of sp³-hybridized carbons (Fsp3) is 0.0952. The number of thioether (sulfide) groups is 1. The Hall–Kier alpha value is -2.68. The van der Waals surface area contributed by atoms with Gasteiger partial charge in [-0.25, -0.2) is 9.78 Å². The molecule has 0 bridgehead atoms. The van der Waals surface area contributed by atoms with Gasteiger partial charge in [0.05, 0.1) is 10.7 Å². The summed E-state index contributed by atoms with van der Waals surface area (Å²) in [6.45, 7) is 0.0958. The molecule has 0 aliphatic heterocycles. The van der Waals surface area contributed by atoms with Gasteiger partial charge >= 0.3 is 5.97 Å². The lowest BCUT2D eigenvalue weighted by Crippen LogP contribution is -2.00. The van der Waals surface area contributed by atoms with Crippen molar-refractivity contribution in [3.8, 4) is 35.2 Å². The predicted octanol–water partition coefficient (Wildman–Crippen LogP) is 4.97. The van der Waals surface area contributed by atoms with Gasteiger partial charge in [0, 0.05) is 10.6 Å². The van der Waals surface area contributed by atoms with Crippen LogP contribution in [0.3, 0.4) is 0 Å². The van der Waals surface area contributed by atoms with E-state index in [0.29, 0.717) is 27.9 Å². The summed E-state index contributed by atoms with van der Waals surface area (Å²) in [5.74, 6) is 2.76. The quantitative estimate of drug-likeness (QED) is 0.172. The molecule has 0 fully saturated rings. The molecule has 31 heavy (non-hydrogen) atoms. The number of aromatic amines is 1. The Kier molecular flexibility index (Phi) is 7.84. The third kappa shape index (κ3) is 5.94. The molecule has 10 heteroatoms. The first-order valence-electron chi connectivity index (χ1n) is 8.66. The maximum absolute atomic E-state index is 11.8. The molecule has 0 aliphatic rings. The number of halogens is 2. The Balaban J connectivity index is 1.87. The first-order chi connectivity index (χ1) is 14.9. The second kappa shape index (κ2) is 10.6. The van der Waals surface area contributed by atoms with Crippen LogP contribution in [0.2, 0.25) is 5.02 Å². The van der Waals surface area contributed by atoms with E-state index in [4.69, 9.17) is 27.5 Å². The topological polar surface area (TPSA) is 97.3 Å². The minimum atomic E-state index is -1.11. The minimum absolute atomic E-state index is 0.0387. The Bertz CT molecular complexity index is 1170. The van der Waals surface area contributed by atoms with Gasteiger partial charge in [0.25, 0.3) is 0 Å². The largest absolute Gasteiger partial charge is 0.493 e. The zero-order valence-corrected chi connectivity index (χ0v) is 19.8. The summed E-state index contributed by atoms with van der Waals surface area (Å²) >= 11 is 8.91. The van der Waals surface area contributed by atoms with E-state index in [1.165, 1.54) is 13.2 Å². The van der Waals surface area contributed by atoms with Crippen LogP contribution in [0.25, 0.3) is 17.5 Å². The van der Waals surface area contributed by atoms with Crippen LogP contribution in [0.1, 0.15) is 5.56 Å². The summed E-state index contributed by atoms with van der Waals surface area (Å²) in [6, 6.07) is 10.5. The number of aliphatic carboxylic acids is 1. The monoisotopic (exact) mass is 567 g/mol. The maximum Gasteiger partial charge on any atom is 0.342 e. The standard InChI is InChI=1S/C21H15ClIN3O4S/c1-3-8-30-18-15(23)9-12(10-16(18)29-2)11-17(20(27)28)31-21-24-19(25-26-21)13-4-6-14(22)7-5-13/h1,4-7,9-11H,8H2,2H3,(H,27,28)(H,24,25,26)/b17-11-. The zero-order chi connectivity index (χ0) is 22.4. The summed E-state index contributed by atoms with van der Waals surface area (Å²) in [7, 11) is 1.50. The summed E-state index contributed by atoms with van der Waals surface area (Å²) in [5.41, 5.74) is 1.40. The third-order valence-corrected chi connectivity index (χ3v) is 5.77. The molecule has 2 N–H and O–H groups in total. The lowest BCUT2D eigenvalue weighted by Gasteiger charge is -2.12. The minimum Gasteiger partial charge on any atom is -0.493 e. The molecule has 0 unspecified atom stereocenters. The number of carboxylic acids is 1. The number of nitrogens with zero attached hydrogens (tertiary/aromatic N) is 2. The van der Waals surface area contributed by atoms with E-state index >= 15 is 0 Å². The molecule has 0 saturated carbocycles. The lowest BCUT2D eigenvalue weighted by molar-refractivity contribution is -0.131. The van der Waals surface area contributed by atoms with Crippen LogP contribution in [0.5, 0.6) is 11.5 Å². The number of rotatable bonds is 8. The number of aromatic nitrogens is 3. The van der Waals surface area contributed by atoms with Crippen molar-refractivity contribution in [2.45, 2.75) is 5.16 Å². The number of hydrogen-bond acceptors (Lipinski definition) is 6. The highest BCUT2D eigenvalue weighted by molar-refractivity contribution is 14.1. The van der Waals surface area contributed by atoms with Crippen LogP contribution in [-0.4, -0.2) is 40.0 Å². The fourth-order valence-electron chi connectivity index (χ4n) is 2.49. The normalized spacial score (nSPS) is 11.1. The lowest BCUT2D eigenvalue weighted by atomic mass is 10.2. The first kappa shape index (κ1) is 23.0. The zero-order valence-electron chi connectivity index (χ0n) is 16.1. The van der Waals surface area contributed by atoms with E-state index in [0.717, 1.165) is 20.9 Å². The molecular formula is C21H15ClIN3O4S. The summed E-state index contributed by atoms with van der Waals surface area (Å²) in [6.07, 6.45) is 6.76. The average Bonchev–Trinajstić information content (AvgIpc) is 3.21. The number of hydrogen-bond donors (Lipinski definition) is 2. The van der Waals surface area contributed by atoms with Crippen LogP contribution in [0.4, 0.5) is 0 Å². The molecule has 3 rings (SSSR count). The number of benzene rings is 2. The molecule has 7 nitrogen and oxygen atoms in total. The summed E-state index contributed by atoms with van der Waals surface area (Å²) in [4.78, 5) is 16.2. The Morgan fingerprint density at radius 3 is 2.77 bits per heavy atom. The molecular weight excluding hydrogens is 553 g/mol. The van der Waals surface area contributed by atoms with Gasteiger partial charge in [0.15, 0.2) is 17.3 Å². The Morgan fingerprint density at radius 2 is 2.13 bits per heavy atom. The molecule has 0 spiro atoms. The number of nitrogens with one attached hydrogen (secondary N) is 1. The summed E-state index contributed by atoms with van der Waals surface area (Å²) in [5, 5.41) is 17.5. The van der Waals surface area contributed by atoms with Gasteiger partial charge < -0.3 is 14.6 Å². The van der Waals surface area contributed by atoms with Gasteiger partial charge in [-0.3, -0.25) is 5.10 Å². The number of ether oxygens (including phenoxy) is 2. The molecule has 2 aromatic carbocycles. The average molecular weight is 568 g/mol. The van der Waals surface area contributed by atoms with Crippen molar-refractivity contribution in [1.29, 1.82) is 0 Å². The molecule has 0 amide bonds. The SMILES string of the molecule is C#CCOc1c(I)cc(/C=C(\Sc2n[nH]c(-c3ccc(Cl)cc3)n2)C(=O)O)cc1OC. The van der Waals surface area contributed by atoms with E-state index in [1.54, 1.807) is 36.4 Å².